The van der Waals surface area contributed by atoms with Crippen molar-refractivity contribution in [2.45, 2.75) is 31.7 Å². The van der Waals surface area contributed by atoms with Crippen LogP contribution in [0, 0.1) is 5.82 Å². The Hall–Kier alpha value is -2.50. The fraction of sp³-hybridized carbons (Fsp3) is 0.353. The highest BCUT2D eigenvalue weighted by Crippen LogP contribution is 2.23. The standard InChI is InChI=1S/C17H18FN3O2/c1-19-17(23)15-3-2-8-21(15)16(22)7-4-11-10-20-14-9-12(18)5-6-13(11)14/h5-6,9-10,15,20H,1-4,7-8H2/t15-/m0/s1. The van der Waals surface area contributed by atoms with Crippen LogP contribution in [0.3, 0.4) is 0 Å². The van der Waals surface area contributed by atoms with Crippen molar-refractivity contribution in [1.82, 2.24) is 9.88 Å². The van der Waals surface area contributed by atoms with Crippen molar-refractivity contribution in [3.8, 4) is 0 Å². The number of benzene rings is 1. The Kier molecular flexibility index (Phi) is 4.23. The van der Waals surface area contributed by atoms with E-state index in [1.165, 1.54) is 12.1 Å². The number of aliphatic imine (C=N–C) groups is 1. The summed E-state index contributed by atoms with van der Waals surface area (Å²) in [5, 5.41) is 0.918. The first-order valence-corrected chi connectivity index (χ1v) is 7.65. The van der Waals surface area contributed by atoms with Crippen LogP contribution in [0.5, 0.6) is 0 Å². The molecule has 1 aromatic carbocycles. The Morgan fingerprint density at radius 2 is 2.26 bits per heavy atom. The first-order valence-electron chi connectivity index (χ1n) is 7.65. The molecule has 1 aliphatic heterocycles. The molecule has 1 atom stereocenters. The summed E-state index contributed by atoms with van der Waals surface area (Å²) >= 11 is 0. The van der Waals surface area contributed by atoms with Crippen LogP contribution in [0.1, 0.15) is 24.8 Å². The highest BCUT2D eigenvalue weighted by molar-refractivity contribution is 5.91. The Balaban J connectivity index is 1.68. The van der Waals surface area contributed by atoms with Crippen LogP contribution in [0.25, 0.3) is 10.9 Å². The third-order valence-corrected chi connectivity index (χ3v) is 4.35. The molecule has 1 fully saturated rings. The van der Waals surface area contributed by atoms with E-state index in [1.54, 1.807) is 17.2 Å². The van der Waals surface area contributed by atoms with Gasteiger partial charge in [-0.05, 0) is 49.7 Å². The van der Waals surface area contributed by atoms with Gasteiger partial charge in [0.15, 0.2) is 0 Å². The number of rotatable bonds is 4. The van der Waals surface area contributed by atoms with E-state index in [0.29, 0.717) is 25.8 Å². The van der Waals surface area contributed by atoms with Gasteiger partial charge in [-0.2, -0.15) is 0 Å². The lowest BCUT2D eigenvalue weighted by atomic mass is 10.1. The van der Waals surface area contributed by atoms with Crippen LogP contribution >= 0.6 is 0 Å². The molecule has 3 rings (SSSR count). The number of carbonyl (C=O) groups is 2. The van der Waals surface area contributed by atoms with Gasteiger partial charge in [-0.15, -0.1) is 0 Å². The van der Waals surface area contributed by atoms with Gasteiger partial charge in [0.1, 0.15) is 11.9 Å². The van der Waals surface area contributed by atoms with Gasteiger partial charge in [-0.3, -0.25) is 9.59 Å². The molecule has 120 valence electrons. The summed E-state index contributed by atoms with van der Waals surface area (Å²) in [4.78, 5) is 32.2. The molecule has 6 heteroatoms. The predicted molar refractivity (Wildman–Crippen MR) is 85.9 cm³/mol. The van der Waals surface area contributed by atoms with Crippen molar-refractivity contribution in [2.24, 2.45) is 4.99 Å². The number of H-pyrrole nitrogens is 1. The topological polar surface area (TPSA) is 65.5 Å². The normalized spacial score (nSPS) is 17.6. The van der Waals surface area contributed by atoms with Gasteiger partial charge >= 0.3 is 0 Å². The fourth-order valence-electron chi connectivity index (χ4n) is 3.18. The van der Waals surface area contributed by atoms with Gasteiger partial charge < -0.3 is 9.88 Å². The third kappa shape index (κ3) is 3.02. The first-order chi connectivity index (χ1) is 11.1. The number of halogens is 1. The number of carbonyl (C=O) groups excluding carboxylic acids is 2. The van der Waals surface area contributed by atoms with Gasteiger partial charge in [0.05, 0.1) is 0 Å². The minimum atomic E-state index is -0.461. The maximum atomic E-state index is 13.2. The molecular weight excluding hydrogens is 297 g/mol. The van der Waals surface area contributed by atoms with E-state index in [4.69, 9.17) is 0 Å². The number of hydrogen-bond acceptors (Lipinski definition) is 2. The molecule has 2 heterocycles. The van der Waals surface area contributed by atoms with Crippen LogP contribution in [0.15, 0.2) is 29.4 Å². The van der Waals surface area contributed by atoms with Crippen LogP contribution in [0.4, 0.5) is 4.39 Å². The summed E-state index contributed by atoms with van der Waals surface area (Å²) in [5.41, 5.74) is 1.69. The number of aromatic nitrogens is 1. The zero-order valence-electron chi connectivity index (χ0n) is 12.7. The number of nitrogens with zero attached hydrogens (tertiary/aromatic N) is 2. The van der Waals surface area contributed by atoms with Gasteiger partial charge in [0.2, 0.25) is 5.91 Å². The second kappa shape index (κ2) is 6.32. The number of nitrogens with one attached hydrogen (secondary N) is 1. The number of amides is 2. The zero-order chi connectivity index (χ0) is 16.4. The summed E-state index contributed by atoms with van der Waals surface area (Å²) < 4.78 is 13.2. The molecule has 1 saturated heterocycles. The summed E-state index contributed by atoms with van der Waals surface area (Å²) in [6.07, 6.45) is 4.12. The second-order valence-electron chi connectivity index (χ2n) is 5.75. The minimum absolute atomic E-state index is 0.0547. The number of aromatic amines is 1. The summed E-state index contributed by atoms with van der Waals surface area (Å²) in [6.45, 7) is 3.84. The summed E-state index contributed by atoms with van der Waals surface area (Å²) in [7, 11) is 0. The monoisotopic (exact) mass is 315 g/mol. The van der Waals surface area contributed by atoms with Gasteiger partial charge in [-0.25, -0.2) is 9.38 Å². The quantitative estimate of drug-likeness (QED) is 0.881. The van der Waals surface area contributed by atoms with Crippen molar-refractivity contribution >= 4 is 29.4 Å². The largest absolute Gasteiger partial charge is 0.361 e. The molecule has 0 spiro atoms. The Bertz CT molecular complexity index is 768. The number of hydrogen-bond donors (Lipinski definition) is 1. The van der Waals surface area contributed by atoms with Gasteiger partial charge in [0, 0.05) is 30.1 Å². The number of likely N-dealkylation sites (tertiary alicyclic amines) is 1. The van der Waals surface area contributed by atoms with E-state index in [0.717, 1.165) is 22.9 Å². The summed E-state index contributed by atoms with van der Waals surface area (Å²) in [6, 6.07) is 4.10. The lowest BCUT2D eigenvalue weighted by molar-refractivity contribution is -0.137. The number of aryl methyl sites for hydroxylation is 1. The molecule has 2 amide bonds. The van der Waals surface area contributed by atoms with E-state index in [1.807, 2.05) is 0 Å². The molecule has 1 aliphatic rings. The van der Waals surface area contributed by atoms with E-state index in [9.17, 15) is 14.0 Å². The van der Waals surface area contributed by atoms with E-state index >= 15 is 0 Å². The summed E-state index contributed by atoms with van der Waals surface area (Å²) in [5.74, 6) is -0.684. The lowest BCUT2D eigenvalue weighted by Gasteiger charge is -2.22. The van der Waals surface area contributed by atoms with Crippen molar-refractivity contribution < 1.29 is 14.0 Å². The molecule has 2 aromatic rings. The smallest absolute Gasteiger partial charge is 0.267 e. The second-order valence-corrected chi connectivity index (χ2v) is 5.75. The van der Waals surface area contributed by atoms with Crippen molar-refractivity contribution in [2.75, 3.05) is 6.54 Å². The van der Waals surface area contributed by atoms with Crippen molar-refractivity contribution in [3.63, 3.8) is 0 Å². The SMILES string of the molecule is C=NC(=O)[C@@H]1CCCN1C(=O)CCc1c[nH]c2cc(F)ccc12. The lowest BCUT2D eigenvalue weighted by Crippen LogP contribution is -2.39. The molecule has 5 nitrogen and oxygen atoms in total. The Morgan fingerprint density at radius 3 is 3.04 bits per heavy atom. The molecule has 0 radical (unpaired) electrons. The Labute approximate surface area is 133 Å². The van der Waals surface area contributed by atoms with Gasteiger partial charge in [0.25, 0.3) is 5.91 Å². The van der Waals surface area contributed by atoms with Crippen LogP contribution in [-0.4, -0.2) is 41.0 Å². The molecule has 0 aliphatic carbocycles. The minimum Gasteiger partial charge on any atom is -0.361 e. The highest BCUT2D eigenvalue weighted by atomic mass is 19.1. The first kappa shape index (κ1) is 15.4. The van der Waals surface area contributed by atoms with Crippen LogP contribution in [-0.2, 0) is 16.0 Å². The molecule has 0 bridgehead atoms. The molecule has 0 saturated carbocycles. The average molecular weight is 315 g/mol. The maximum absolute atomic E-state index is 13.2. The van der Waals surface area contributed by atoms with Crippen LogP contribution < -0.4 is 0 Å². The number of fused-ring (bicyclic) bond motifs is 1. The van der Waals surface area contributed by atoms with Crippen LogP contribution in [0.2, 0.25) is 0 Å². The molecule has 1 N–H and O–H groups in total. The third-order valence-electron chi connectivity index (χ3n) is 4.35. The highest BCUT2D eigenvalue weighted by Gasteiger charge is 2.33. The average Bonchev–Trinajstić information content (AvgIpc) is 3.18. The van der Waals surface area contributed by atoms with E-state index < -0.39 is 6.04 Å². The molecule has 1 aromatic heterocycles. The molecule has 0 unspecified atom stereocenters. The van der Waals surface area contributed by atoms with Crippen molar-refractivity contribution in [3.05, 3.63) is 35.8 Å². The maximum Gasteiger partial charge on any atom is 0.267 e. The van der Waals surface area contributed by atoms with E-state index in [-0.39, 0.29) is 17.6 Å². The predicted octanol–water partition coefficient (Wildman–Crippen LogP) is 2.46. The van der Waals surface area contributed by atoms with E-state index in [2.05, 4.69) is 16.7 Å². The molecular formula is C17H18FN3O2. The fourth-order valence-corrected chi connectivity index (χ4v) is 3.18. The Morgan fingerprint density at radius 1 is 1.43 bits per heavy atom. The molecule has 23 heavy (non-hydrogen) atoms. The zero-order valence-corrected chi connectivity index (χ0v) is 12.7. The van der Waals surface area contributed by atoms with Crippen molar-refractivity contribution in [1.29, 1.82) is 0 Å². The van der Waals surface area contributed by atoms with Gasteiger partial charge in [-0.1, -0.05) is 0 Å².